The van der Waals surface area contributed by atoms with Crippen molar-refractivity contribution in [3.63, 3.8) is 0 Å². The summed E-state index contributed by atoms with van der Waals surface area (Å²) >= 11 is 3.38. The van der Waals surface area contributed by atoms with Crippen molar-refractivity contribution in [1.29, 1.82) is 0 Å². The third kappa shape index (κ3) is 7.45. The van der Waals surface area contributed by atoms with E-state index in [1.807, 2.05) is 6.07 Å². The van der Waals surface area contributed by atoms with Gasteiger partial charge in [0.05, 0.1) is 17.9 Å². The largest absolute Gasteiger partial charge is 0.416 e. The van der Waals surface area contributed by atoms with Crippen LogP contribution in [0.2, 0.25) is 0 Å². The second-order valence-corrected chi connectivity index (χ2v) is 9.93. The fraction of sp³-hybridized carbons (Fsp3) is 0.208. The minimum absolute atomic E-state index is 0.0859. The Labute approximate surface area is 215 Å². The van der Waals surface area contributed by atoms with E-state index in [9.17, 15) is 26.4 Å². The van der Waals surface area contributed by atoms with Gasteiger partial charge in [-0.3, -0.25) is 0 Å². The molecule has 0 saturated carbocycles. The van der Waals surface area contributed by atoms with Crippen LogP contribution in [0, 0.1) is 0 Å². The molecule has 0 heterocycles. The van der Waals surface area contributed by atoms with Crippen LogP contribution in [0.1, 0.15) is 11.1 Å². The Bertz CT molecular complexity index is 1300. The van der Waals surface area contributed by atoms with Gasteiger partial charge in [-0.15, -0.1) is 0 Å². The van der Waals surface area contributed by atoms with Gasteiger partial charge in [0.25, 0.3) is 0 Å². The number of anilines is 1. The number of hydrogen-bond acceptors (Lipinski definition) is 5. The first kappa shape index (κ1) is 27.5. The van der Waals surface area contributed by atoms with Gasteiger partial charge < -0.3 is 19.1 Å². The molecule has 7 nitrogen and oxygen atoms in total. The van der Waals surface area contributed by atoms with Gasteiger partial charge in [-0.2, -0.15) is 21.6 Å². The zero-order valence-corrected chi connectivity index (χ0v) is 21.4. The molecule has 2 amide bonds. The summed E-state index contributed by atoms with van der Waals surface area (Å²) in [4.78, 5) is 13.7. The predicted octanol–water partition coefficient (Wildman–Crippen LogP) is 5.92. The van der Waals surface area contributed by atoms with E-state index in [0.717, 1.165) is 18.2 Å². The zero-order valence-electron chi connectivity index (χ0n) is 19.0. The van der Waals surface area contributed by atoms with Crippen molar-refractivity contribution >= 4 is 37.8 Å². The fourth-order valence-corrected chi connectivity index (χ4v) is 4.45. The average Bonchev–Trinajstić information content (AvgIpc) is 2.83. The first-order valence-corrected chi connectivity index (χ1v) is 12.7. The summed E-state index contributed by atoms with van der Waals surface area (Å²) in [5, 5.41) is 2.82. The molecular formula is C24H22BrF3N2O5S. The highest BCUT2D eigenvalue weighted by Crippen LogP contribution is 2.31. The van der Waals surface area contributed by atoms with E-state index in [4.69, 9.17) is 8.92 Å². The van der Waals surface area contributed by atoms with Crippen LogP contribution >= 0.6 is 15.9 Å². The van der Waals surface area contributed by atoms with Crippen LogP contribution in [0.4, 0.5) is 23.7 Å². The number of nitrogens with zero attached hydrogens (tertiary/aromatic N) is 1. The number of carbonyl (C=O) groups excluding carboxylic acids is 1. The molecule has 0 aliphatic carbocycles. The Hall–Kier alpha value is -3.09. The molecule has 12 heteroatoms. The number of halogens is 4. The summed E-state index contributed by atoms with van der Waals surface area (Å²) in [6, 6.07) is 15.9. The molecule has 36 heavy (non-hydrogen) atoms. The van der Waals surface area contributed by atoms with E-state index in [-0.39, 0.29) is 24.9 Å². The molecule has 0 spiro atoms. The van der Waals surface area contributed by atoms with E-state index in [0.29, 0.717) is 28.4 Å². The molecular weight excluding hydrogens is 565 g/mol. The summed E-state index contributed by atoms with van der Waals surface area (Å²) in [7, 11) is -2.98. The number of amides is 2. The van der Waals surface area contributed by atoms with Gasteiger partial charge in [0.2, 0.25) is 0 Å². The van der Waals surface area contributed by atoms with Crippen LogP contribution in [-0.2, 0) is 27.6 Å². The number of ether oxygens (including phenoxy) is 1. The quantitative estimate of drug-likeness (QED) is 0.315. The third-order valence-corrected chi connectivity index (χ3v) is 6.86. The monoisotopic (exact) mass is 586 g/mol. The van der Waals surface area contributed by atoms with Crippen LogP contribution in [-0.4, -0.2) is 39.6 Å². The maximum absolute atomic E-state index is 12.9. The Balaban J connectivity index is 1.71. The number of hydrogen-bond donors (Lipinski definition) is 1. The summed E-state index contributed by atoms with van der Waals surface area (Å²) < 4.78 is 74.6. The summed E-state index contributed by atoms with van der Waals surface area (Å²) in [5.41, 5.74) is 0.158. The number of para-hydroxylation sites is 1. The Morgan fingerprint density at radius 1 is 1.03 bits per heavy atom. The lowest BCUT2D eigenvalue weighted by molar-refractivity contribution is -0.137. The molecule has 0 radical (unpaired) electrons. The molecule has 3 aromatic rings. The lowest BCUT2D eigenvalue weighted by Gasteiger charge is -2.23. The van der Waals surface area contributed by atoms with Gasteiger partial charge in [0.1, 0.15) is 10.6 Å². The van der Waals surface area contributed by atoms with Gasteiger partial charge in [0.15, 0.2) is 0 Å². The maximum Gasteiger partial charge on any atom is 0.416 e. The molecule has 192 valence electrons. The topological polar surface area (TPSA) is 84.9 Å². The zero-order chi connectivity index (χ0) is 26.3. The minimum Gasteiger partial charge on any atom is -0.383 e. The van der Waals surface area contributed by atoms with Crippen molar-refractivity contribution in [3.05, 3.63) is 88.4 Å². The molecule has 0 bridgehead atoms. The lowest BCUT2D eigenvalue weighted by atomic mass is 10.2. The molecule has 3 rings (SSSR count). The molecule has 0 atom stereocenters. The standard InChI is InChI=1S/C24H22BrF3N2O5S/c1-34-14-13-30(23(31)29-22-8-3-2-7-21(22)25)16-17-9-11-19(12-10-17)35-36(32,33)20-6-4-5-18(15-20)24(26,27)28/h2-12,15H,13-14,16H2,1H3,(H,29,31). The lowest BCUT2D eigenvalue weighted by Crippen LogP contribution is -2.36. The first-order chi connectivity index (χ1) is 17.0. The fourth-order valence-electron chi connectivity index (χ4n) is 3.08. The third-order valence-electron chi connectivity index (χ3n) is 4.92. The maximum atomic E-state index is 12.9. The second kappa shape index (κ2) is 11.8. The summed E-state index contributed by atoms with van der Waals surface area (Å²) in [6.45, 7) is 0.759. The smallest absolute Gasteiger partial charge is 0.383 e. The highest BCUT2D eigenvalue weighted by Gasteiger charge is 2.32. The predicted molar refractivity (Wildman–Crippen MR) is 131 cm³/mol. The number of nitrogens with one attached hydrogen (secondary N) is 1. The van der Waals surface area contributed by atoms with Crippen molar-refractivity contribution in [1.82, 2.24) is 4.90 Å². The Morgan fingerprint density at radius 3 is 2.36 bits per heavy atom. The first-order valence-electron chi connectivity index (χ1n) is 10.5. The molecule has 1 N–H and O–H groups in total. The number of carbonyl (C=O) groups is 1. The van der Waals surface area contributed by atoms with Crippen LogP contribution in [0.5, 0.6) is 5.75 Å². The molecule has 0 aromatic heterocycles. The van der Waals surface area contributed by atoms with Gasteiger partial charge in [-0.25, -0.2) is 4.79 Å². The van der Waals surface area contributed by atoms with Crippen molar-refractivity contribution in [2.75, 3.05) is 25.6 Å². The highest BCUT2D eigenvalue weighted by molar-refractivity contribution is 9.10. The Morgan fingerprint density at radius 2 is 1.72 bits per heavy atom. The number of rotatable bonds is 9. The Kier molecular flexibility index (Phi) is 8.98. The van der Waals surface area contributed by atoms with E-state index in [1.54, 1.807) is 30.3 Å². The average molecular weight is 587 g/mol. The van der Waals surface area contributed by atoms with Gasteiger partial charge in [-0.05, 0) is 64.0 Å². The summed E-state index contributed by atoms with van der Waals surface area (Å²) in [6.07, 6.45) is -4.69. The van der Waals surface area contributed by atoms with Gasteiger partial charge >= 0.3 is 22.3 Å². The molecule has 0 unspecified atom stereocenters. The van der Waals surface area contributed by atoms with Crippen LogP contribution in [0.3, 0.4) is 0 Å². The van der Waals surface area contributed by atoms with Crippen LogP contribution < -0.4 is 9.50 Å². The van der Waals surface area contributed by atoms with Crippen molar-refractivity contribution < 1.29 is 35.3 Å². The van der Waals surface area contributed by atoms with E-state index >= 15 is 0 Å². The number of alkyl halides is 3. The number of methoxy groups -OCH3 is 1. The van der Waals surface area contributed by atoms with Crippen LogP contribution in [0.25, 0.3) is 0 Å². The van der Waals surface area contributed by atoms with Gasteiger partial charge in [0, 0.05) is 24.7 Å². The van der Waals surface area contributed by atoms with E-state index in [1.165, 1.54) is 24.1 Å². The van der Waals surface area contributed by atoms with Gasteiger partial charge in [-0.1, -0.05) is 30.3 Å². The summed E-state index contributed by atoms with van der Waals surface area (Å²) in [5.74, 6) is -0.0859. The van der Waals surface area contributed by atoms with Crippen molar-refractivity contribution in [2.24, 2.45) is 0 Å². The van der Waals surface area contributed by atoms with Crippen molar-refractivity contribution in [2.45, 2.75) is 17.6 Å². The van der Waals surface area contributed by atoms with Crippen molar-refractivity contribution in [3.8, 4) is 5.75 Å². The molecule has 0 fully saturated rings. The molecule has 0 saturated heterocycles. The normalized spacial score (nSPS) is 11.7. The number of benzene rings is 3. The van der Waals surface area contributed by atoms with Crippen LogP contribution in [0.15, 0.2) is 82.2 Å². The number of urea groups is 1. The minimum atomic E-state index is -4.69. The molecule has 0 aliphatic heterocycles. The SMILES string of the molecule is COCCN(Cc1ccc(OS(=O)(=O)c2cccc(C(F)(F)F)c2)cc1)C(=O)Nc1ccccc1Br. The highest BCUT2D eigenvalue weighted by atomic mass is 79.9. The molecule has 0 aliphatic rings. The second-order valence-electron chi connectivity index (χ2n) is 7.53. The molecule has 3 aromatic carbocycles. The van der Waals surface area contributed by atoms with E-state index < -0.39 is 26.8 Å². The van der Waals surface area contributed by atoms with E-state index in [2.05, 4.69) is 21.2 Å².